The molecular weight excluding hydrogens is 230 g/mol. The minimum Gasteiger partial charge on any atom is -0.310 e. The molecule has 0 aromatic heterocycles. The van der Waals surface area contributed by atoms with E-state index in [9.17, 15) is 0 Å². The van der Waals surface area contributed by atoms with Gasteiger partial charge in [-0.25, -0.2) is 0 Å². The van der Waals surface area contributed by atoms with E-state index in [-0.39, 0.29) is 0 Å². The van der Waals surface area contributed by atoms with E-state index < -0.39 is 0 Å². The molecule has 1 aliphatic carbocycles. The van der Waals surface area contributed by atoms with Crippen LogP contribution < -0.4 is 5.32 Å². The topological polar surface area (TPSA) is 12.0 Å². The van der Waals surface area contributed by atoms with Gasteiger partial charge in [0.1, 0.15) is 0 Å². The molecule has 0 spiro atoms. The van der Waals surface area contributed by atoms with Gasteiger partial charge in [-0.2, -0.15) is 0 Å². The number of fused-ring (bicyclic) bond motifs is 1. The second-order valence-electron chi connectivity index (χ2n) is 5.84. The average Bonchev–Trinajstić information content (AvgIpc) is 2.89. The van der Waals surface area contributed by atoms with E-state index in [0.717, 1.165) is 6.54 Å². The number of unbranched alkanes of at least 4 members (excludes halogenated alkanes) is 3. The first-order chi connectivity index (χ1) is 9.35. The highest BCUT2D eigenvalue weighted by Gasteiger charge is 2.15. The standard InChI is InChI=1S/C18H29N/c1-3-5-6-7-11-18(19-4-2)17-13-12-15-9-8-10-16(15)14-17/h12-14,18-19H,3-11H2,1-2H3. The zero-order valence-corrected chi connectivity index (χ0v) is 12.7. The average molecular weight is 259 g/mol. The summed E-state index contributed by atoms with van der Waals surface area (Å²) in [5.74, 6) is 0. The van der Waals surface area contributed by atoms with Crippen LogP contribution >= 0.6 is 0 Å². The van der Waals surface area contributed by atoms with Crippen molar-refractivity contribution in [1.29, 1.82) is 0 Å². The fourth-order valence-electron chi connectivity index (χ4n) is 3.22. The van der Waals surface area contributed by atoms with Crippen molar-refractivity contribution in [1.82, 2.24) is 5.32 Å². The Bertz CT molecular complexity index is 383. The smallest absolute Gasteiger partial charge is 0.0320 e. The largest absolute Gasteiger partial charge is 0.310 e. The molecule has 0 bridgehead atoms. The van der Waals surface area contributed by atoms with Crippen LogP contribution in [-0.4, -0.2) is 6.54 Å². The van der Waals surface area contributed by atoms with Crippen LogP contribution in [0.15, 0.2) is 18.2 Å². The lowest BCUT2D eigenvalue weighted by molar-refractivity contribution is 0.481. The summed E-state index contributed by atoms with van der Waals surface area (Å²) in [5, 5.41) is 3.67. The molecule has 1 aromatic rings. The maximum atomic E-state index is 3.67. The van der Waals surface area contributed by atoms with Gasteiger partial charge < -0.3 is 5.32 Å². The second-order valence-corrected chi connectivity index (χ2v) is 5.84. The fourth-order valence-corrected chi connectivity index (χ4v) is 3.22. The molecule has 1 heteroatoms. The molecule has 0 heterocycles. The van der Waals surface area contributed by atoms with Crippen molar-refractivity contribution in [2.45, 2.75) is 71.3 Å². The summed E-state index contributed by atoms with van der Waals surface area (Å²) in [6.45, 7) is 5.56. The predicted octanol–water partition coefficient (Wildman–Crippen LogP) is 4.80. The Morgan fingerprint density at radius 2 is 1.89 bits per heavy atom. The third-order valence-corrected chi connectivity index (χ3v) is 4.32. The highest BCUT2D eigenvalue weighted by atomic mass is 14.9. The lowest BCUT2D eigenvalue weighted by atomic mass is 9.96. The molecule has 1 N–H and O–H groups in total. The number of hydrogen-bond donors (Lipinski definition) is 1. The first kappa shape index (κ1) is 14.6. The van der Waals surface area contributed by atoms with Gasteiger partial charge in [0, 0.05) is 6.04 Å². The van der Waals surface area contributed by atoms with Gasteiger partial charge in [-0.1, -0.05) is 57.7 Å². The zero-order valence-electron chi connectivity index (χ0n) is 12.7. The third-order valence-electron chi connectivity index (χ3n) is 4.32. The van der Waals surface area contributed by atoms with E-state index in [1.165, 1.54) is 56.9 Å². The Morgan fingerprint density at radius 1 is 1.05 bits per heavy atom. The predicted molar refractivity (Wildman–Crippen MR) is 83.6 cm³/mol. The molecule has 2 rings (SSSR count). The molecule has 0 aliphatic heterocycles. The van der Waals surface area contributed by atoms with Gasteiger partial charge in [0.25, 0.3) is 0 Å². The Morgan fingerprint density at radius 3 is 2.68 bits per heavy atom. The summed E-state index contributed by atoms with van der Waals surface area (Å²) in [6.07, 6.45) is 10.6. The molecule has 1 nitrogen and oxygen atoms in total. The van der Waals surface area contributed by atoms with Gasteiger partial charge in [0.05, 0.1) is 0 Å². The van der Waals surface area contributed by atoms with Gasteiger partial charge in [-0.05, 0) is 48.9 Å². The van der Waals surface area contributed by atoms with Crippen molar-refractivity contribution in [3.8, 4) is 0 Å². The molecule has 1 aliphatic rings. The summed E-state index contributed by atoms with van der Waals surface area (Å²) in [7, 11) is 0. The molecular formula is C18H29N. The summed E-state index contributed by atoms with van der Waals surface area (Å²) in [6, 6.07) is 7.76. The van der Waals surface area contributed by atoms with E-state index >= 15 is 0 Å². The summed E-state index contributed by atoms with van der Waals surface area (Å²) < 4.78 is 0. The van der Waals surface area contributed by atoms with Crippen LogP contribution in [0.4, 0.5) is 0 Å². The van der Waals surface area contributed by atoms with Crippen LogP contribution in [0.2, 0.25) is 0 Å². The number of hydrogen-bond acceptors (Lipinski definition) is 1. The molecule has 19 heavy (non-hydrogen) atoms. The van der Waals surface area contributed by atoms with Crippen molar-refractivity contribution < 1.29 is 0 Å². The first-order valence-corrected chi connectivity index (χ1v) is 8.20. The van der Waals surface area contributed by atoms with Crippen LogP contribution in [0.25, 0.3) is 0 Å². The maximum absolute atomic E-state index is 3.67. The third kappa shape index (κ3) is 4.07. The minimum atomic E-state index is 0.563. The van der Waals surface area contributed by atoms with E-state index in [2.05, 4.69) is 37.4 Å². The second kappa shape index (κ2) is 7.69. The van der Waals surface area contributed by atoms with Crippen LogP contribution in [0.5, 0.6) is 0 Å². The number of nitrogens with one attached hydrogen (secondary N) is 1. The molecule has 1 unspecified atom stereocenters. The quantitative estimate of drug-likeness (QED) is 0.661. The molecule has 0 radical (unpaired) electrons. The molecule has 1 aromatic carbocycles. The summed E-state index contributed by atoms with van der Waals surface area (Å²) >= 11 is 0. The van der Waals surface area contributed by atoms with Crippen molar-refractivity contribution in [2.75, 3.05) is 6.54 Å². The molecule has 106 valence electrons. The van der Waals surface area contributed by atoms with Gasteiger partial charge in [-0.15, -0.1) is 0 Å². The van der Waals surface area contributed by atoms with Gasteiger partial charge in [0.2, 0.25) is 0 Å². The summed E-state index contributed by atoms with van der Waals surface area (Å²) in [5.41, 5.74) is 4.71. The number of rotatable bonds is 8. The molecule has 0 fully saturated rings. The van der Waals surface area contributed by atoms with E-state index in [4.69, 9.17) is 0 Å². The zero-order chi connectivity index (χ0) is 13.5. The minimum absolute atomic E-state index is 0.563. The van der Waals surface area contributed by atoms with Crippen molar-refractivity contribution >= 4 is 0 Å². The highest BCUT2D eigenvalue weighted by Crippen LogP contribution is 2.27. The Kier molecular flexibility index (Phi) is 5.91. The SMILES string of the molecule is CCCCCCC(NCC)c1ccc2c(c1)CCC2. The number of benzene rings is 1. The van der Waals surface area contributed by atoms with Crippen LogP contribution in [0, 0.1) is 0 Å². The normalized spacial score (nSPS) is 15.5. The lowest BCUT2D eigenvalue weighted by Gasteiger charge is -2.19. The van der Waals surface area contributed by atoms with Gasteiger partial charge >= 0.3 is 0 Å². The first-order valence-electron chi connectivity index (χ1n) is 8.20. The maximum Gasteiger partial charge on any atom is 0.0320 e. The number of aryl methyl sites for hydroxylation is 2. The fraction of sp³-hybridized carbons (Fsp3) is 0.667. The monoisotopic (exact) mass is 259 g/mol. The van der Waals surface area contributed by atoms with Crippen LogP contribution in [0.1, 0.15) is 75.1 Å². The van der Waals surface area contributed by atoms with Crippen molar-refractivity contribution in [3.05, 3.63) is 34.9 Å². The molecule has 0 amide bonds. The van der Waals surface area contributed by atoms with Crippen LogP contribution in [-0.2, 0) is 12.8 Å². The highest BCUT2D eigenvalue weighted by molar-refractivity contribution is 5.36. The van der Waals surface area contributed by atoms with E-state index in [1.54, 1.807) is 11.1 Å². The van der Waals surface area contributed by atoms with Gasteiger partial charge in [-0.3, -0.25) is 0 Å². The van der Waals surface area contributed by atoms with Gasteiger partial charge in [0.15, 0.2) is 0 Å². The Labute approximate surface area is 118 Å². The molecule has 1 atom stereocenters. The Hall–Kier alpha value is -0.820. The lowest BCUT2D eigenvalue weighted by Crippen LogP contribution is -2.21. The van der Waals surface area contributed by atoms with Crippen molar-refractivity contribution in [3.63, 3.8) is 0 Å². The van der Waals surface area contributed by atoms with Crippen LogP contribution in [0.3, 0.4) is 0 Å². The summed E-state index contributed by atoms with van der Waals surface area (Å²) in [4.78, 5) is 0. The molecule has 0 saturated heterocycles. The van der Waals surface area contributed by atoms with E-state index in [1.807, 2.05) is 0 Å². The van der Waals surface area contributed by atoms with Crippen molar-refractivity contribution in [2.24, 2.45) is 0 Å². The Balaban J connectivity index is 1.97. The van der Waals surface area contributed by atoms with E-state index in [0.29, 0.717) is 6.04 Å². The molecule has 0 saturated carbocycles.